The van der Waals surface area contributed by atoms with Gasteiger partial charge in [-0.1, -0.05) is 12.1 Å². The summed E-state index contributed by atoms with van der Waals surface area (Å²) in [6.07, 6.45) is 1.79. The van der Waals surface area contributed by atoms with E-state index in [2.05, 4.69) is 5.32 Å². The number of carbonyl (C=O) groups is 3. The fourth-order valence-electron chi connectivity index (χ4n) is 2.85. The van der Waals surface area contributed by atoms with Crippen LogP contribution in [0.1, 0.15) is 49.9 Å². The van der Waals surface area contributed by atoms with E-state index in [0.29, 0.717) is 37.0 Å². The maximum Gasteiger partial charge on any atom is 0.306 e. The van der Waals surface area contributed by atoms with Gasteiger partial charge in [0, 0.05) is 11.6 Å². The lowest BCUT2D eigenvalue weighted by atomic mass is 9.86. The molecule has 1 unspecified atom stereocenters. The number of aliphatic carboxylic acids is 1. The molecule has 1 atom stereocenters. The average Bonchev–Trinajstić information content (AvgIpc) is 2.55. The number of nitrogens with one attached hydrogen (secondary N) is 1. The molecule has 0 bridgehead atoms. The largest absolute Gasteiger partial charge is 0.481 e. The van der Waals surface area contributed by atoms with Gasteiger partial charge in [-0.15, -0.1) is 0 Å². The van der Waals surface area contributed by atoms with Gasteiger partial charge in [0.05, 0.1) is 5.92 Å². The first-order valence-corrected chi connectivity index (χ1v) is 8.17. The van der Waals surface area contributed by atoms with Crippen LogP contribution in [0.3, 0.4) is 0 Å². The fraction of sp³-hybridized carbons (Fsp3) is 0.500. The number of Topliss-reactive ketones (excluding diaryl/α,β-unsaturated/α-hetero) is 1. The number of ether oxygens (including phenoxy) is 1. The summed E-state index contributed by atoms with van der Waals surface area (Å²) < 4.78 is 5.61. The van der Waals surface area contributed by atoms with Crippen molar-refractivity contribution < 1.29 is 24.2 Å². The minimum atomic E-state index is -0.762. The highest BCUT2D eigenvalue weighted by molar-refractivity contribution is 5.94. The Bertz CT molecular complexity index is 620. The van der Waals surface area contributed by atoms with Crippen LogP contribution in [0.15, 0.2) is 24.3 Å². The molecule has 0 saturated heterocycles. The highest BCUT2D eigenvalue weighted by atomic mass is 16.5. The molecule has 0 aromatic heterocycles. The summed E-state index contributed by atoms with van der Waals surface area (Å²) in [4.78, 5) is 34.5. The van der Waals surface area contributed by atoms with E-state index in [-0.39, 0.29) is 23.7 Å². The highest BCUT2D eigenvalue weighted by Crippen LogP contribution is 2.24. The van der Waals surface area contributed by atoms with Crippen molar-refractivity contribution in [1.82, 2.24) is 5.32 Å². The molecule has 2 N–H and O–H groups in total. The molecular weight excluding hydrogens is 310 g/mol. The smallest absolute Gasteiger partial charge is 0.306 e. The van der Waals surface area contributed by atoms with Crippen LogP contribution in [0, 0.1) is 5.92 Å². The number of amides is 1. The Balaban J connectivity index is 1.85. The van der Waals surface area contributed by atoms with Gasteiger partial charge >= 0.3 is 5.97 Å². The molecule has 0 heterocycles. The molecule has 1 aliphatic rings. The van der Waals surface area contributed by atoms with Crippen LogP contribution in [-0.2, 0) is 9.59 Å². The van der Waals surface area contributed by atoms with Crippen molar-refractivity contribution in [3.8, 4) is 5.75 Å². The third kappa shape index (κ3) is 4.81. The SMILES string of the molecule is CC(=O)c1cccc(OC(C)C(=O)NC2CCC(C(=O)O)CC2)c1. The van der Waals surface area contributed by atoms with Crippen molar-refractivity contribution in [2.75, 3.05) is 0 Å². The normalized spacial score (nSPS) is 21.6. The summed E-state index contributed by atoms with van der Waals surface area (Å²) in [5.41, 5.74) is 0.534. The second kappa shape index (κ2) is 7.95. The summed E-state index contributed by atoms with van der Waals surface area (Å²) >= 11 is 0. The van der Waals surface area contributed by atoms with Crippen molar-refractivity contribution in [3.05, 3.63) is 29.8 Å². The fourth-order valence-corrected chi connectivity index (χ4v) is 2.85. The maximum absolute atomic E-state index is 12.2. The van der Waals surface area contributed by atoms with Gasteiger partial charge in [-0.05, 0) is 51.7 Å². The number of benzene rings is 1. The summed E-state index contributed by atoms with van der Waals surface area (Å²) in [5, 5.41) is 11.9. The third-order valence-electron chi connectivity index (χ3n) is 4.35. The summed E-state index contributed by atoms with van der Waals surface area (Å²) in [7, 11) is 0. The number of carboxylic acid groups (broad SMARTS) is 1. The van der Waals surface area contributed by atoms with Gasteiger partial charge in [-0.2, -0.15) is 0 Å². The molecule has 1 aromatic carbocycles. The number of ketones is 1. The van der Waals surface area contributed by atoms with Crippen LogP contribution in [0.2, 0.25) is 0 Å². The number of hydrogen-bond acceptors (Lipinski definition) is 4. The molecule has 0 aliphatic heterocycles. The van der Waals surface area contributed by atoms with Gasteiger partial charge in [0.25, 0.3) is 5.91 Å². The van der Waals surface area contributed by atoms with Crippen LogP contribution >= 0.6 is 0 Å². The molecule has 0 spiro atoms. The van der Waals surface area contributed by atoms with E-state index in [4.69, 9.17) is 9.84 Å². The lowest BCUT2D eigenvalue weighted by Crippen LogP contribution is -2.44. The molecule has 24 heavy (non-hydrogen) atoms. The number of hydrogen-bond donors (Lipinski definition) is 2. The topological polar surface area (TPSA) is 92.7 Å². The Morgan fingerprint density at radius 3 is 2.46 bits per heavy atom. The predicted molar refractivity (Wildman–Crippen MR) is 88.1 cm³/mol. The van der Waals surface area contributed by atoms with Gasteiger partial charge in [-0.3, -0.25) is 14.4 Å². The highest BCUT2D eigenvalue weighted by Gasteiger charge is 2.28. The van der Waals surface area contributed by atoms with Gasteiger partial charge < -0.3 is 15.2 Å². The molecule has 1 fully saturated rings. The predicted octanol–water partition coefficient (Wildman–Crippen LogP) is 2.42. The van der Waals surface area contributed by atoms with Gasteiger partial charge in [0.1, 0.15) is 5.75 Å². The molecule has 0 radical (unpaired) electrons. The number of carboxylic acids is 1. The Kier molecular flexibility index (Phi) is 5.95. The first-order chi connectivity index (χ1) is 11.4. The maximum atomic E-state index is 12.2. The second-order valence-electron chi connectivity index (χ2n) is 6.24. The minimum absolute atomic E-state index is 0.0114. The number of rotatable bonds is 6. The summed E-state index contributed by atoms with van der Waals surface area (Å²) in [5.74, 6) is -0.891. The molecule has 6 heteroatoms. The Hall–Kier alpha value is -2.37. The van der Waals surface area contributed by atoms with Gasteiger partial charge in [0.15, 0.2) is 11.9 Å². The standard InChI is InChI=1S/C18H23NO5/c1-11(20)14-4-3-5-16(10-14)24-12(2)17(21)19-15-8-6-13(7-9-15)18(22)23/h3-5,10,12-13,15H,6-9H2,1-2H3,(H,19,21)(H,22,23). The van der Waals surface area contributed by atoms with E-state index in [1.165, 1.54) is 6.92 Å². The lowest BCUT2D eigenvalue weighted by molar-refractivity contribution is -0.142. The van der Waals surface area contributed by atoms with Crippen molar-refractivity contribution in [2.24, 2.45) is 5.92 Å². The zero-order valence-corrected chi connectivity index (χ0v) is 14.0. The Morgan fingerprint density at radius 2 is 1.88 bits per heavy atom. The Morgan fingerprint density at radius 1 is 1.21 bits per heavy atom. The summed E-state index contributed by atoms with van der Waals surface area (Å²) in [6.45, 7) is 3.13. The van der Waals surface area contributed by atoms with Crippen molar-refractivity contribution in [3.63, 3.8) is 0 Å². The molecule has 130 valence electrons. The first kappa shape index (κ1) is 18.0. The zero-order chi connectivity index (χ0) is 17.7. The van der Waals surface area contributed by atoms with Gasteiger partial charge in [0.2, 0.25) is 0 Å². The molecular formula is C18H23NO5. The van der Waals surface area contributed by atoms with E-state index in [1.807, 2.05) is 0 Å². The molecule has 2 rings (SSSR count). The van der Waals surface area contributed by atoms with E-state index in [1.54, 1.807) is 31.2 Å². The average molecular weight is 333 g/mol. The number of carbonyl (C=O) groups excluding carboxylic acids is 2. The second-order valence-corrected chi connectivity index (χ2v) is 6.24. The van der Waals surface area contributed by atoms with Crippen LogP contribution in [-0.4, -0.2) is 34.9 Å². The molecule has 6 nitrogen and oxygen atoms in total. The monoisotopic (exact) mass is 333 g/mol. The van der Waals surface area contributed by atoms with Crippen LogP contribution < -0.4 is 10.1 Å². The van der Waals surface area contributed by atoms with E-state index < -0.39 is 12.1 Å². The van der Waals surface area contributed by atoms with E-state index in [9.17, 15) is 14.4 Å². The molecule has 1 aromatic rings. The lowest BCUT2D eigenvalue weighted by Gasteiger charge is -2.28. The third-order valence-corrected chi connectivity index (χ3v) is 4.35. The Labute approximate surface area is 141 Å². The molecule has 1 amide bonds. The molecule has 1 saturated carbocycles. The van der Waals surface area contributed by atoms with E-state index in [0.717, 1.165) is 0 Å². The first-order valence-electron chi connectivity index (χ1n) is 8.17. The minimum Gasteiger partial charge on any atom is -0.481 e. The quantitative estimate of drug-likeness (QED) is 0.780. The zero-order valence-electron chi connectivity index (χ0n) is 14.0. The molecule has 1 aliphatic carbocycles. The summed E-state index contributed by atoms with van der Waals surface area (Å²) in [6, 6.07) is 6.71. The van der Waals surface area contributed by atoms with Crippen molar-refractivity contribution in [2.45, 2.75) is 51.7 Å². The van der Waals surface area contributed by atoms with Gasteiger partial charge in [-0.25, -0.2) is 0 Å². The van der Waals surface area contributed by atoms with E-state index >= 15 is 0 Å². The van der Waals surface area contributed by atoms with Crippen LogP contribution in [0.25, 0.3) is 0 Å². The van der Waals surface area contributed by atoms with Crippen LogP contribution in [0.4, 0.5) is 0 Å². The van der Waals surface area contributed by atoms with Crippen molar-refractivity contribution in [1.29, 1.82) is 0 Å². The van der Waals surface area contributed by atoms with Crippen molar-refractivity contribution >= 4 is 17.7 Å². The van der Waals surface area contributed by atoms with Crippen LogP contribution in [0.5, 0.6) is 5.75 Å².